The lowest BCUT2D eigenvalue weighted by Gasteiger charge is -2.24. The van der Waals surface area contributed by atoms with Crippen LogP contribution in [-0.2, 0) is 16.6 Å². The number of nitrogens with zero attached hydrogens (tertiary/aromatic N) is 1. The van der Waals surface area contributed by atoms with E-state index in [0.29, 0.717) is 18.3 Å². The van der Waals surface area contributed by atoms with Gasteiger partial charge in [0.1, 0.15) is 0 Å². The van der Waals surface area contributed by atoms with E-state index in [1.54, 1.807) is 13.1 Å². The van der Waals surface area contributed by atoms with E-state index in [1.807, 2.05) is 18.2 Å². The summed E-state index contributed by atoms with van der Waals surface area (Å²) in [4.78, 5) is 4.30. The van der Waals surface area contributed by atoms with E-state index >= 15 is 0 Å². The Morgan fingerprint density at radius 2 is 1.93 bits per heavy atom. The summed E-state index contributed by atoms with van der Waals surface area (Å²) in [7, 11) is -1.55. The molecule has 0 aliphatic heterocycles. The Morgan fingerprint density at radius 1 is 1.22 bits per heavy atom. The fraction of sp³-hybridized carbons (Fsp3) is 0.650. The molecule has 1 aromatic rings. The fourth-order valence-corrected chi connectivity index (χ4v) is 4.21. The summed E-state index contributed by atoms with van der Waals surface area (Å²) in [6.07, 6.45) is 10.5. The van der Waals surface area contributed by atoms with E-state index in [9.17, 15) is 8.42 Å². The van der Waals surface area contributed by atoms with Gasteiger partial charge in [-0.3, -0.25) is 9.71 Å². The molecule has 0 spiro atoms. The van der Waals surface area contributed by atoms with Crippen LogP contribution in [0.1, 0.15) is 57.4 Å². The zero-order valence-electron chi connectivity index (χ0n) is 16.8. The summed E-state index contributed by atoms with van der Waals surface area (Å²) in [5.41, 5.74) is 1.47. The molecule has 0 radical (unpaired) electrons. The number of benzene rings is 1. The molecule has 0 bridgehead atoms. The first-order valence-electron chi connectivity index (χ1n) is 9.90. The minimum Gasteiger partial charge on any atom is -0.354 e. The van der Waals surface area contributed by atoms with Gasteiger partial charge in [-0.2, -0.15) is 0 Å². The molecule has 1 saturated carbocycles. The van der Waals surface area contributed by atoms with Crippen LogP contribution in [-0.4, -0.2) is 33.7 Å². The zero-order chi connectivity index (χ0) is 19.7. The van der Waals surface area contributed by atoms with Crippen LogP contribution in [0.15, 0.2) is 29.3 Å². The first-order valence-corrected chi connectivity index (χ1v) is 11.8. The predicted octanol–water partition coefficient (Wildman–Crippen LogP) is 3.47. The van der Waals surface area contributed by atoms with Crippen LogP contribution in [0.25, 0.3) is 0 Å². The molecule has 1 aliphatic rings. The molecule has 1 aliphatic carbocycles. The fourth-order valence-electron chi connectivity index (χ4n) is 3.61. The summed E-state index contributed by atoms with van der Waals surface area (Å²) in [6.45, 7) is 2.68. The molecule has 1 atom stereocenters. The number of hydrogen-bond donors (Lipinski definition) is 3. The largest absolute Gasteiger partial charge is 0.354 e. The second kappa shape index (κ2) is 10.5. The van der Waals surface area contributed by atoms with Crippen molar-refractivity contribution in [3.8, 4) is 0 Å². The maximum atomic E-state index is 11.5. The van der Waals surface area contributed by atoms with Crippen LogP contribution in [0.5, 0.6) is 0 Å². The van der Waals surface area contributed by atoms with Gasteiger partial charge in [0.05, 0.1) is 11.9 Å². The Labute approximate surface area is 164 Å². The van der Waals surface area contributed by atoms with Crippen molar-refractivity contribution < 1.29 is 8.42 Å². The monoisotopic (exact) mass is 394 g/mol. The highest BCUT2D eigenvalue weighted by atomic mass is 32.2. The SMILES string of the molecule is CN=C(NCc1ccccc1NS(C)(=O)=O)NC(C)CCC1CCCCC1. The zero-order valence-corrected chi connectivity index (χ0v) is 17.6. The Morgan fingerprint density at radius 3 is 2.59 bits per heavy atom. The first kappa shape index (κ1) is 21.5. The molecule has 0 heterocycles. The number of rotatable bonds is 8. The van der Waals surface area contributed by atoms with Crippen molar-refractivity contribution in [2.24, 2.45) is 10.9 Å². The summed E-state index contributed by atoms with van der Waals surface area (Å²) in [5, 5.41) is 6.73. The van der Waals surface area contributed by atoms with Crippen LogP contribution in [0, 0.1) is 5.92 Å². The third-order valence-corrected chi connectivity index (χ3v) is 5.69. The lowest BCUT2D eigenvalue weighted by molar-refractivity contribution is 0.322. The van der Waals surface area contributed by atoms with Gasteiger partial charge in [0.15, 0.2) is 5.96 Å². The quantitative estimate of drug-likeness (QED) is 0.466. The number of guanidine groups is 1. The third kappa shape index (κ3) is 8.20. The highest BCUT2D eigenvalue weighted by Crippen LogP contribution is 2.27. The number of nitrogens with one attached hydrogen (secondary N) is 3. The second-order valence-electron chi connectivity index (χ2n) is 7.58. The average molecular weight is 395 g/mol. The maximum absolute atomic E-state index is 11.5. The van der Waals surface area contributed by atoms with Crippen molar-refractivity contribution in [3.63, 3.8) is 0 Å². The van der Waals surface area contributed by atoms with Crippen molar-refractivity contribution in [2.45, 2.75) is 64.5 Å². The molecule has 152 valence electrons. The van der Waals surface area contributed by atoms with E-state index in [-0.39, 0.29) is 0 Å². The summed E-state index contributed by atoms with van der Waals surface area (Å²) in [5.74, 6) is 1.62. The molecule has 0 saturated heterocycles. The van der Waals surface area contributed by atoms with Gasteiger partial charge in [-0.15, -0.1) is 0 Å². The van der Waals surface area contributed by atoms with Gasteiger partial charge in [0.25, 0.3) is 0 Å². The molecule has 6 nitrogen and oxygen atoms in total. The molecular formula is C20H34N4O2S. The van der Waals surface area contributed by atoms with Crippen molar-refractivity contribution in [1.82, 2.24) is 10.6 Å². The lowest BCUT2D eigenvalue weighted by atomic mass is 9.85. The molecule has 0 aromatic heterocycles. The minimum atomic E-state index is -3.30. The molecule has 1 unspecified atom stereocenters. The van der Waals surface area contributed by atoms with E-state index in [1.165, 1.54) is 38.5 Å². The van der Waals surface area contributed by atoms with E-state index in [4.69, 9.17) is 0 Å². The second-order valence-corrected chi connectivity index (χ2v) is 9.33. The molecule has 7 heteroatoms. The average Bonchev–Trinajstić information content (AvgIpc) is 2.64. The van der Waals surface area contributed by atoms with Gasteiger partial charge in [0.2, 0.25) is 10.0 Å². The summed E-state index contributed by atoms with van der Waals surface area (Å²) < 4.78 is 25.6. The van der Waals surface area contributed by atoms with Gasteiger partial charge in [0, 0.05) is 19.6 Å². The van der Waals surface area contributed by atoms with Crippen molar-refractivity contribution in [3.05, 3.63) is 29.8 Å². The number of anilines is 1. The third-order valence-electron chi connectivity index (χ3n) is 5.10. The van der Waals surface area contributed by atoms with Gasteiger partial charge in [-0.05, 0) is 37.3 Å². The Bertz CT molecular complexity index is 712. The van der Waals surface area contributed by atoms with Crippen LogP contribution in [0.4, 0.5) is 5.69 Å². The Kier molecular flexibility index (Phi) is 8.41. The summed E-state index contributed by atoms with van der Waals surface area (Å²) >= 11 is 0. The van der Waals surface area contributed by atoms with Crippen LogP contribution >= 0.6 is 0 Å². The van der Waals surface area contributed by atoms with Crippen molar-refractivity contribution in [1.29, 1.82) is 0 Å². The Balaban J connectivity index is 1.83. The summed E-state index contributed by atoms with van der Waals surface area (Å²) in [6, 6.07) is 7.73. The topological polar surface area (TPSA) is 82.6 Å². The molecule has 0 amide bonds. The molecule has 2 rings (SSSR count). The van der Waals surface area contributed by atoms with Crippen LogP contribution in [0.2, 0.25) is 0 Å². The van der Waals surface area contributed by atoms with Gasteiger partial charge in [-0.25, -0.2) is 8.42 Å². The first-order chi connectivity index (χ1) is 12.9. The smallest absolute Gasteiger partial charge is 0.229 e. The van der Waals surface area contributed by atoms with E-state index in [0.717, 1.165) is 30.1 Å². The molecule has 1 fully saturated rings. The van der Waals surface area contributed by atoms with Gasteiger partial charge < -0.3 is 10.6 Å². The Hall–Kier alpha value is -1.76. The molecule has 27 heavy (non-hydrogen) atoms. The van der Waals surface area contributed by atoms with E-state index < -0.39 is 10.0 Å². The number of para-hydroxylation sites is 1. The molecule has 1 aromatic carbocycles. The van der Waals surface area contributed by atoms with Gasteiger partial charge >= 0.3 is 0 Å². The van der Waals surface area contributed by atoms with Gasteiger partial charge in [-0.1, -0.05) is 50.3 Å². The number of hydrogen-bond acceptors (Lipinski definition) is 3. The van der Waals surface area contributed by atoms with E-state index in [2.05, 4.69) is 27.3 Å². The molecule has 3 N–H and O–H groups in total. The van der Waals surface area contributed by atoms with Crippen molar-refractivity contribution >= 4 is 21.7 Å². The lowest BCUT2D eigenvalue weighted by Crippen LogP contribution is -2.42. The standard InChI is InChI=1S/C20H34N4O2S/c1-16(13-14-17-9-5-4-6-10-17)23-20(21-2)22-15-18-11-7-8-12-19(18)24-27(3,25)26/h7-8,11-12,16-17,24H,4-6,9-10,13-15H2,1-3H3,(H2,21,22,23). The maximum Gasteiger partial charge on any atom is 0.229 e. The minimum absolute atomic E-state index is 0.350. The predicted molar refractivity (Wildman–Crippen MR) is 114 cm³/mol. The number of aliphatic imine (C=N–C) groups is 1. The molecular weight excluding hydrogens is 360 g/mol. The highest BCUT2D eigenvalue weighted by molar-refractivity contribution is 7.92. The normalized spacial score (nSPS) is 17.4. The number of sulfonamides is 1. The van der Waals surface area contributed by atoms with Crippen LogP contribution in [0.3, 0.4) is 0 Å². The van der Waals surface area contributed by atoms with Crippen molar-refractivity contribution in [2.75, 3.05) is 18.0 Å². The van der Waals surface area contributed by atoms with Crippen LogP contribution < -0.4 is 15.4 Å². The highest BCUT2D eigenvalue weighted by Gasteiger charge is 2.15.